The van der Waals surface area contributed by atoms with Gasteiger partial charge in [-0.05, 0) is 32.4 Å². The normalized spacial score (nSPS) is 18.1. The second-order valence-corrected chi connectivity index (χ2v) is 4.10. The molecule has 0 amide bonds. The number of aliphatic carboxylic acids is 1. The lowest BCUT2D eigenvalue weighted by atomic mass is 10.2. The molecule has 1 rings (SSSR count). The third kappa shape index (κ3) is 4.18. The van der Waals surface area contributed by atoms with Gasteiger partial charge in [-0.3, -0.25) is 4.79 Å². The first-order chi connectivity index (χ1) is 7.19. The van der Waals surface area contributed by atoms with Crippen molar-refractivity contribution in [3.05, 3.63) is 0 Å². The van der Waals surface area contributed by atoms with Crippen molar-refractivity contribution < 1.29 is 9.90 Å². The van der Waals surface area contributed by atoms with Crippen LogP contribution >= 0.6 is 0 Å². The van der Waals surface area contributed by atoms with Crippen molar-refractivity contribution in [1.82, 2.24) is 10.2 Å². The van der Waals surface area contributed by atoms with Crippen LogP contribution < -0.4 is 5.32 Å². The topological polar surface area (TPSA) is 52.6 Å². The van der Waals surface area contributed by atoms with E-state index in [2.05, 4.69) is 17.1 Å². The van der Waals surface area contributed by atoms with Crippen LogP contribution in [0, 0.1) is 0 Å². The third-order valence-corrected chi connectivity index (χ3v) is 2.92. The van der Waals surface area contributed by atoms with Gasteiger partial charge in [0.2, 0.25) is 0 Å². The molecule has 1 saturated carbocycles. The highest BCUT2D eigenvalue weighted by atomic mass is 16.4. The van der Waals surface area contributed by atoms with E-state index in [4.69, 9.17) is 5.11 Å². The molecule has 4 nitrogen and oxygen atoms in total. The van der Waals surface area contributed by atoms with E-state index in [9.17, 15) is 4.79 Å². The van der Waals surface area contributed by atoms with Crippen LogP contribution in [0.1, 0.15) is 33.1 Å². The molecule has 0 spiro atoms. The first-order valence-corrected chi connectivity index (χ1v) is 5.89. The van der Waals surface area contributed by atoms with Crippen molar-refractivity contribution in [2.75, 3.05) is 19.6 Å². The van der Waals surface area contributed by atoms with Gasteiger partial charge in [-0.2, -0.15) is 0 Å². The van der Waals surface area contributed by atoms with Gasteiger partial charge in [-0.15, -0.1) is 0 Å². The van der Waals surface area contributed by atoms with Gasteiger partial charge >= 0.3 is 5.97 Å². The molecule has 4 heteroatoms. The predicted octanol–water partition coefficient (Wildman–Crippen LogP) is 0.923. The fourth-order valence-electron chi connectivity index (χ4n) is 1.89. The fourth-order valence-corrected chi connectivity index (χ4v) is 1.89. The van der Waals surface area contributed by atoms with Crippen LogP contribution in [0.4, 0.5) is 0 Å². The molecule has 1 fully saturated rings. The molecule has 0 aromatic carbocycles. The molecule has 1 atom stereocenters. The van der Waals surface area contributed by atoms with Gasteiger partial charge in [-0.25, -0.2) is 0 Å². The highest BCUT2D eigenvalue weighted by Gasteiger charge is 2.28. The monoisotopic (exact) mass is 214 g/mol. The van der Waals surface area contributed by atoms with Gasteiger partial charge in [0, 0.05) is 12.6 Å². The Morgan fingerprint density at radius 1 is 1.53 bits per heavy atom. The Kier molecular flexibility index (Phi) is 5.05. The summed E-state index contributed by atoms with van der Waals surface area (Å²) in [5, 5.41) is 12.0. The Bertz CT molecular complexity index is 205. The number of nitrogens with zero attached hydrogens (tertiary/aromatic N) is 1. The van der Waals surface area contributed by atoms with Crippen molar-refractivity contribution in [3.63, 3.8) is 0 Å². The summed E-state index contributed by atoms with van der Waals surface area (Å²) >= 11 is 0. The van der Waals surface area contributed by atoms with E-state index in [-0.39, 0.29) is 6.04 Å². The molecule has 0 radical (unpaired) electrons. The second kappa shape index (κ2) is 6.08. The zero-order valence-corrected chi connectivity index (χ0v) is 9.70. The molecule has 0 aliphatic heterocycles. The van der Waals surface area contributed by atoms with Crippen molar-refractivity contribution >= 4 is 5.97 Å². The summed E-state index contributed by atoms with van der Waals surface area (Å²) in [4.78, 5) is 13.3. The lowest BCUT2D eigenvalue weighted by Crippen LogP contribution is -2.40. The number of rotatable bonds is 8. The molecule has 0 heterocycles. The number of hydrogen-bond acceptors (Lipinski definition) is 3. The molecule has 15 heavy (non-hydrogen) atoms. The highest BCUT2D eigenvalue weighted by Crippen LogP contribution is 2.26. The Labute approximate surface area is 91.6 Å². The molecule has 88 valence electrons. The molecule has 1 unspecified atom stereocenters. The van der Waals surface area contributed by atoms with Crippen LogP contribution in [0.5, 0.6) is 0 Å². The minimum absolute atomic E-state index is 0.386. The minimum Gasteiger partial charge on any atom is -0.480 e. The van der Waals surface area contributed by atoms with Crippen molar-refractivity contribution in [1.29, 1.82) is 0 Å². The number of hydrogen-bond donors (Lipinski definition) is 2. The van der Waals surface area contributed by atoms with E-state index < -0.39 is 5.97 Å². The smallest absolute Gasteiger partial charge is 0.320 e. The summed E-state index contributed by atoms with van der Waals surface area (Å²) in [6.45, 7) is 6.72. The molecule has 0 aromatic heterocycles. The van der Waals surface area contributed by atoms with Crippen LogP contribution in [-0.2, 0) is 4.79 Å². The van der Waals surface area contributed by atoms with Crippen molar-refractivity contribution in [2.45, 2.75) is 45.2 Å². The number of nitrogens with one attached hydrogen (secondary N) is 1. The van der Waals surface area contributed by atoms with Gasteiger partial charge in [0.05, 0.1) is 0 Å². The molecule has 0 bridgehead atoms. The molecular weight excluding hydrogens is 192 g/mol. The van der Waals surface area contributed by atoms with E-state index in [1.54, 1.807) is 0 Å². The molecule has 0 aromatic rings. The minimum atomic E-state index is -0.733. The zero-order valence-electron chi connectivity index (χ0n) is 9.70. The Morgan fingerprint density at radius 2 is 2.20 bits per heavy atom. The van der Waals surface area contributed by atoms with Crippen LogP contribution in [0.15, 0.2) is 0 Å². The van der Waals surface area contributed by atoms with E-state index in [0.29, 0.717) is 13.0 Å². The maximum absolute atomic E-state index is 10.9. The van der Waals surface area contributed by atoms with Gasteiger partial charge in [0.1, 0.15) is 6.04 Å². The first kappa shape index (κ1) is 12.5. The first-order valence-electron chi connectivity index (χ1n) is 5.89. The lowest BCUT2D eigenvalue weighted by Gasteiger charge is -2.22. The zero-order chi connectivity index (χ0) is 11.3. The van der Waals surface area contributed by atoms with E-state index >= 15 is 0 Å². The molecular formula is C11H22N2O2. The maximum Gasteiger partial charge on any atom is 0.320 e. The van der Waals surface area contributed by atoms with Gasteiger partial charge in [0.15, 0.2) is 0 Å². The maximum atomic E-state index is 10.9. The summed E-state index contributed by atoms with van der Waals surface area (Å²) in [5.41, 5.74) is 0. The SMILES string of the molecule is CCNC(CCN(CC)C1CC1)C(=O)O. The number of carboxylic acids is 1. The average Bonchev–Trinajstić information content (AvgIpc) is 3.00. The largest absolute Gasteiger partial charge is 0.480 e. The Hall–Kier alpha value is -0.610. The molecule has 1 aliphatic carbocycles. The summed E-state index contributed by atoms with van der Waals surface area (Å²) < 4.78 is 0. The average molecular weight is 214 g/mol. The van der Waals surface area contributed by atoms with Crippen LogP contribution in [0.2, 0.25) is 0 Å². The predicted molar refractivity (Wildman–Crippen MR) is 60.0 cm³/mol. The number of carboxylic acid groups (broad SMARTS) is 1. The second-order valence-electron chi connectivity index (χ2n) is 4.10. The molecule has 1 aliphatic rings. The summed E-state index contributed by atoms with van der Waals surface area (Å²) in [5.74, 6) is -0.733. The number of carbonyl (C=O) groups is 1. The highest BCUT2D eigenvalue weighted by molar-refractivity contribution is 5.73. The lowest BCUT2D eigenvalue weighted by molar-refractivity contribution is -0.139. The molecule has 2 N–H and O–H groups in total. The van der Waals surface area contributed by atoms with Gasteiger partial charge < -0.3 is 15.3 Å². The number of likely N-dealkylation sites (N-methyl/N-ethyl adjacent to an activating group) is 1. The van der Waals surface area contributed by atoms with Gasteiger partial charge in [-0.1, -0.05) is 13.8 Å². The summed E-state index contributed by atoms with van der Waals surface area (Å²) in [6.07, 6.45) is 3.27. The summed E-state index contributed by atoms with van der Waals surface area (Å²) in [7, 11) is 0. The van der Waals surface area contributed by atoms with Crippen molar-refractivity contribution in [3.8, 4) is 0 Å². The standard InChI is InChI=1S/C11H22N2O2/c1-3-12-10(11(14)15)7-8-13(4-2)9-5-6-9/h9-10,12H,3-8H2,1-2H3,(H,14,15). The van der Waals surface area contributed by atoms with Gasteiger partial charge in [0.25, 0.3) is 0 Å². The van der Waals surface area contributed by atoms with Crippen LogP contribution in [0.25, 0.3) is 0 Å². The van der Waals surface area contributed by atoms with Crippen LogP contribution in [0.3, 0.4) is 0 Å². The summed E-state index contributed by atoms with van der Waals surface area (Å²) in [6, 6.07) is 0.342. The molecule has 0 saturated heterocycles. The van der Waals surface area contributed by atoms with E-state index in [1.807, 2.05) is 6.92 Å². The Balaban J connectivity index is 2.27. The van der Waals surface area contributed by atoms with Crippen molar-refractivity contribution in [2.24, 2.45) is 0 Å². The van der Waals surface area contributed by atoms with E-state index in [0.717, 1.165) is 19.1 Å². The quantitative estimate of drug-likeness (QED) is 0.631. The van der Waals surface area contributed by atoms with Crippen LogP contribution in [-0.4, -0.2) is 47.7 Å². The fraction of sp³-hybridized carbons (Fsp3) is 0.909. The van der Waals surface area contributed by atoms with E-state index in [1.165, 1.54) is 12.8 Å². The Morgan fingerprint density at radius 3 is 2.60 bits per heavy atom. The third-order valence-electron chi connectivity index (χ3n) is 2.92.